The Hall–Kier alpha value is -1.56. The lowest BCUT2D eigenvalue weighted by Gasteiger charge is -2.26. The maximum atomic E-state index is 12.2. The Kier molecular flexibility index (Phi) is 5.56. The second-order valence-electron chi connectivity index (χ2n) is 4.70. The predicted octanol–water partition coefficient (Wildman–Crippen LogP) is 2.14. The molecule has 0 aromatic heterocycles. The van der Waals surface area contributed by atoms with Crippen LogP contribution in [0.15, 0.2) is 24.3 Å². The summed E-state index contributed by atoms with van der Waals surface area (Å²) in [5.74, 6) is -0.504. The Morgan fingerprint density at radius 2 is 1.90 bits per heavy atom. The minimum atomic E-state index is -3.54. The molecule has 20 heavy (non-hydrogen) atoms. The van der Waals surface area contributed by atoms with Crippen LogP contribution in [0, 0.1) is 0 Å². The summed E-state index contributed by atoms with van der Waals surface area (Å²) in [5.41, 5.74) is 1.42. The maximum absolute atomic E-state index is 12.2. The first-order valence-electron chi connectivity index (χ1n) is 6.49. The van der Waals surface area contributed by atoms with Crippen molar-refractivity contribution in [1.82, 2.24) is 0 Å². The normalized spacial score (nSPS) is 11.4. The van der Waals surface area contributed by atoms with Crippen molar-refractivity contribution in [3.63, 3.8) is 0 Å². The number of hydrogen-bond donors (Lipinski definition) is 0. The van der Waals surface area contributed by atoms with Gasteiger partial charge >= 0.3 is 5.97 Å². The Balaban J connectivity index is 3.35. The molecular weight excluding hydrogens is 278 g/mol. The third-order valence-corrected chi connectivity index (χ3v) is 4.76. The van der Waals surface area contributed by atoms with Crippen LogP contribution in [0.2, 0.25) is 0 Å². The average Bonchev–Trinajstić information content (AvgIpc) is 2.44. The fourth-order valence-electron chi connectivity index (χ4n) is 1.87. The van der Waals surface area contributed by atoms with E-state index in [0.717, 1.165) is 9.87 Å². The molecule has 0 heterocycles. The summed E-state index contributed by atoms with van der Waals surface area (Å²) in [4.78, 5) is 11.5. The number of anilines is 1. The summed E-state index contributed by atoms with van der Waals surface area (Å²) in [6, 6.07) is 7.20. The summed E-state index contributed by atoms with van der Waals surface area (Å²) in [6.45, 7) is 5.20. The molecule has 5 nitrogen and oxygen atoms in total. The van der Waals surface area contributed by atoms with Gasteiger partial charge in [0.1, 0.15) is 6.54 Å². The molecule has 0 amide bonds. The van der Waals surface area contributed by atoms with Gasteiger partial charge in [0.25, 0.3) is 0 Å². The number of para-hydroxylation sites is 1. The molecule has 112 valence electrons. The van der Waals surface area contributed by atoms with Crippen molar-refractivity contribution in [3.8, 4) is 0 Å². The van der Waals surface area contributed by atoms with Gasteiger partial charge in [-0.15, -0.1) is 0 Å². The molecule has 1 aromatic carbocycles. The van der Waals surface area contributed by atoms with Crippen molar-refractivity contribution in [2.45, 2.75) is 26.7 Å². The van der Waals surface area contributed by atoms with Gasteiger partial charge in [-0.2, -0.15) is 0 Å². The first kappa shape index (κ1) is 16.5. The Labute approximate surface area is 120 Å². The smallest absolute Gasteiger partial charge is 0.326 e. The molecule has 6 heteroatoms. The van der Waals surface area contributed by atoms with Crippen molar-refractivity contribution in [1.29, 1.82) is 0 Å². The van der Waals surface area contributed by atoms with Gasteiger partial charge in [0.2, 0.25) is 10.0 Å². The molecule has 0 aliphatic heterocycles. The average molecular weight is 299 g/mol. The fraction of sp³-hybridized carbons (Fsp3) is 0.500. The molecular formula is C14H21NO4S. The predicted molar refractivity (Wildman–Crippen MR) is 79.4 cm³/mol. The zero-order chi connectivity index (χ0) is 15.3. The van der Waals surface area contributed by atoms with Crippen LogP contribution in [0.4, 0.5) is 5.69 Å². The van der Waals surface area contributed by atoms with E-state index in [1.165, 1.54) is 7.11 Å². The highest BCUT2D eigenvalue weighted by Gasteiger charge is 2.26. The number of nitrogens with zero attached hydrogens (tertiary/aromatic N) is 1. The van der Waals surface area contributed by atoms with Crippen molar-refractivity contribution < 1.29 is 17.9 Å². The molecule has 0 aliphatic carbocycles. The summed E-state index contributed by atoms with van der Waals surface area (Å²) >= 11 is 0. The topological polar surface area (TPSA) is 63.7 Å². The zero-order valence-electron chi connectivity index (χ0n) is 12.3. The molecule has 0 radical (unpaired) electrons. The standard InChI is InChI=1S/C14H21NO4S/c1-5-20(17,18)15(10-14(16)19-4)13-9-7-6-8-12(13)11(2)3/h6-9,11H,5,10H2,1-4H3. The van der Waals surface area contributed by atoms with Crippen LogP contribution >= 0.6 is 0 Å². The molecule has 0 atom stereocenters. The van der Waals surface area contributed by atoms with Crippen molar-refractivity contribution in [2.75, 3.05) is 23.7 Å². The van der Waals surface area contributed by atoms with Gasteiger partial charge in [0.05, 0.1) is 18.6 Å². The number of carbonyl (C=O) groups excluding carboxylic acids is 1. The molecule has 0 bridgehead atoms. The maximum Gasteiger partial charge on any atom is 0.326 e. The molecule has 0 saturated carbocycles. The fourth-order valence-corrected chi connectivity index (χ4v) is 2.95. The van der Waals surface area contributed by atoms with Crippen LogP contribution in [-0.4, -0.2) is 33.8 Å². The van der Waals surface area contributed by atoms with E-state index in [1.807, 2.05) is 26.0 Å². The van der Waals surface area contributed by atoms with Crippen LogP contribution in [0.3, 0.4) is 0 Å². The second kappa shape index (κ2) is 6.74. The number of carbonyl (C=O) groups is 1. The zero-order valence-corrected chi connectivity index (χ0v) is 13.1. The largest absolute Gasteiger partial charge is 0.468 e. The van der Waals surface area contributed by atoms with E-state index in [9.17, 15) is 13.2 Å². The molecule has 1 rings (SSSR count). The van der Waals surface area contributed by atoms with Crippen molar-refractivity contribution in [3.05, 3.63) is 29.8 Å². The molecule has 0 N–H and O–H groups in total. The van der Waals surface area contributed by atoms with E-state index >= 15 is 0 Å². The minimum Gasteiger partial charge on any atom is -0.468 e. The third-order valence-electron chi connectivity index (χ3n) is 3.03. The Bertz CT molecular complexity index is 566. The molecule has 1 aromatic rings. The summed E-state index contributed by atoms with van der Waals surface area (Å²) in [5, 5.41) is 0. The van der Waals surface area contributed by atoms with Crippen LogP contribution in [0.1, 0.15) is 32.3 Å². The molecule has 0 spiro atoms. The van der Waals surface area contributed by atoms with Gasteiger partial charge in [-0.25, -0.2) is 8.42 Å². The molecule has 0 unspecified atom stereocenters. The van der Waals surface area contributed by atoms with Crippen LogP contribution in [0.5, 0.6) is 0 Å². The lowest BCUT2D eigenvalue weighted by atomic mass is 10.0. The number of esters is 1. The van der Waals surface area contributed by atoms with Gasteiger partial charge in [-0.1, -0.05) is 32.0 Å². The first-order chi connectivity index (χ1) is 9.33. The van der Waals surface area contributed by atoms with E-state index in [0.29, 0.717) is 5.69 Å². The van der Waals surface area contributed by atoms with Gasteiger partial charge in [-0.3, -0.25) is 9.10 Å². The van der Waals surface area contributed by atoms with Crippen molar-refractivity contribution in [2.24, 2.45) is 0 Å². The van der Waals surface area contributed by atoms with E-state index < -0.39 is 16.0 Å². The summed E-state index contributed by atoms with van der Waals surface area (Å²) in [6.07, 6.45) is 0. The number of ether oxygens (including phenoxy) is 1. The quantitative estimate of drug-likeness (QED) is 0.755. The van der Waals surface area contributed by atoms with Gasteiger partial charge < -0.3 is 4.74 Å². The highest BCUT2D eigenvalue weighted by Crippen LogP contribution is 2.29. The number of methoxy groups -OCH3 is 1. The van der Waals surface area contributed by atoms with Crippen LogP contribution in [-0.2, 0) is 19.6 Å². The van der Waals surface area contributed by atoms with E-state index in [4.69, 9.17) is 0 Å². The van der Waals surface area contributed by atoms with Gasteiger partial charge in [0, 0.05) is 0 Å². The first-order valence-corrected chi connectivity index (χ1v) is 8.10. The van der Waals surface area contributed by atoms with E-state index in [-0.39, 0.29) is 18.2 Å². The van der Waals surface area contributed by atoms with Crippen LogP contribution < -0.4 is 4.31 Å². The van der Waals surface area contributed by atoms with Crippen LogP contribution in [0.25, 0.3) is 0 Å². The monoisotopic (exact) mass is 299 g/mol. The van der Waals surface area contributed by atoms with Gasteiger partial charge in [-0.05, 0) is 24.5 Å². The van der Waals surface area contributed by atoms with E-state index in [2.05, 4.69) is 4.74 Å². The molecule has 0 aliphatic rings. The number of hydrogen-bond acceptors (Lipinski definition) is 4. The third kappa shape index (κ3) is 3.72. The lowest BCUT2D eigenvalue weighted by molar-refractivity contribution is -0.138. The van der Waals surface area contributed by atoms with Gasteiger partial charge in [0.15, 0.2) is 0 Å². The number of benzene rings is 1. The highest BCUT2D eigenvalue weighted by molar-refractivity contribution is 7.92. The van der Waals surface area contributed by atoms with E-state index in [1.54, 1.807) is 19.1 Å². The Morgan fingerprint density at radius 1 is 1.30 bits per heavy atom. The lowest BCUT2D eigenvalue weighted by Crippen LogP contribution is -2.38. The Morgan fingerprint density at radius 3 is 2.40 bits per heavy atom. The second-order valence-corrected chi connectivity index (χ2v) is 6.88. The molecule has 0 saturated heterocycles. The highest BCUT2D eigenvalue weighted by atomic mass is 32.2. The SMILES string of the molecule is CCS(=O)(=O)N(CC(=O)OC)c1ccccc1C(C)C. The minimum absolute atomic E-state index is 0.0730. The summed E-state index contributed by atoms with van der Waals surface area (Å²) in [7, 11) is -2.30. The summed E-state index contributed by atoms with van der Waals surface area (Å²) < 4.78 is 30.2. The molecule has 0 fully saturated rings. The number of sulfonamides is 1. The number of rotatable bonds is 6. The van der Waals surface area contributed by atoms with Crippen molar-refractivity contribution >= 4 is 21.7 Å².